The van der Waals surface area contributed by atoms with E-state index >= 15 is 0 Å². The highest BCUT2D eigenvalue weighted by Crippen LogP contribution is 2.37. The minimum Gasteiger partial charge on any atom is -0.488 e. The Bertz CT molecular complexity index is 1650. The Labute approximate surface area is 298 Å². The zero-order valence-electron chi connectivity index (χ0n) is 29.7. The molecule has 5 rings (SSSR count). The SMILES string of the molecule is CC(=O)Nc1cccc(-c2cccc(O[C@@H]3CC(C(=O)NC4(C(=O)O)CC4)N(C(=O)[C@@H](NC(=O)[C@@H](NC(C)=O)C4CCCCC4)C(C)C)C3)c2)c1. The normalized spacial score (nSPS) is 20.8. The molecule has 5 amide bonds. The van der Waals surface area contributed by atoms with Crippen molar-refractivity contribution in [1.29, 1.82) is 0 Å². The first kappa shape index (κ1) is 37.3. The quantitative estimate of drug-likeness (QED) is 0.210. The molecular formula is C38H49N5O8. The number of aliphatic carboxylic acids is 1. The molecule has 5 N–H and O–H groups in total. The molecule has 13 nitrogen and oxygen atoms in total. The molecule has 4 atom stereocenters. The lowest BCUT2D eigenvalue weighted by atomic mass is 9.83. The van der Waals surface area contributed by atoms with Crippen molar-refractivity contribution < 1.29 is 38.6 Å². The third-order valence-corrected chi connectivity index (χ3v) is 10.0. The van der Waals surface area contributed by atoms with Crippen molar-refractivity contribution in [3.8, 4) is 16.9 Å². The molecule has 2 saturated carbocycles. The van der Waals surface area contributed by atoms with Gasteiger partial charge in [-0.2, -0.15) is 0 Å². The minimum absolute atomic E-state index is 0.0239. The average Bonchev–Trinajstić information content (AvgIpc) is 3.76. The molecular weight excluding hydrogens is 654 g/mol. The number of nitrogens with zero attached hydrogens (tertiary/aromatic N) is 1. The molecule has 0 radical (unpaired) electrons. The van der Waals surface area contributed by atoms with Crippen LogP contribution in [0.3, 0.4) is 0 Å². The first-order valence-corrected chi connectivity index (χ1v) is 17.8. The molecule has 1 unspecified atom stereocenters. The van der Waals surface area contributed by atoms with Crippen molar-refractivity contribution in [3.63, 3.8) is 0 Å². The van der Waals surface area contributed by atoms with Crippen LogP contribution >= 0.6 is 0 Å². The summed E-state index contributed by atoms with van der Waals surface area (Å²) >= 11 is 0. The Kier molecular flexibility index (Phi) is 11.7. The standard InChI is InChI=1S/C38H49N5O8/c1-22(2)32(41-35(47)33(40-24(4)45)25-10-6-5-7-11-25)36(48)43-21-30(20-31(43)34(46)42-38(16-17-38)37(49)50)51-29-15-9-13-27(19-29)26-12-8-14-28(18-26)39-23(3)44/h8-9,12-15,18-19,22,25,30-33H,5-7,10-11,16-17,20-21H2,1-4H3,(H,39,44)(H,40,45)(H,41,47)(H,42,46)(H,49,50)/t30-,31?,32+,33+/m1/s1. The van der Waals surface area contributed by atoms with Crippen LogP contribution in [0.15, 0.2) is 48.5 Å². The fourth-order valence-corrected chi connectivity index (χ4v) is 7.15. The van der Waals surface area contributed by atoms with Crippen LogP contribution in [-0.2, 0) is 28.8 Å². The molecule has 2 aromatic rings. The average molecular weight is 704 g/mol. The van der Waals surface area contributed by atoms with Gasteiger partial charge in [0, 0.05) is 26.0 Å². The first-order valence-electron chi connectivity index (χ1n) is 17.8. The molecule has 2 aromatic carbocycles. The number of ether oxygens (including phenoxy) is 1. The maximum atomic E-state index is 14.4. The van der Waals surface area contributed by atoms with Gasteiger partial charge in [0.1, 0.15) is 35.5 Å². The Balaban J connectivity index is 1.37. The van der Waals surface area contributed by atoms with Crippen molar-refractivity contribution in [3.05, 3.63) is 48.5 Å². The largest absolute Gasteiger partial charge is 0.488 e. The van der Waals surface area contributed by atoms with Crippen molar-refractivity contribution in [2.45, 2.75) is 109 Å². The van der Waals surface area contributed by atoms with E-state index in [1.165, 1.54) is 18.7 Å². The van der Waals surface area contributed by atoms with Gasteiger partial charge in [-0.25, -0.2) is 4.79 Å². The van der Waals surface area contributed by atoms with Crippen LogP contribution in [0.25, 0.3) is 11.1 Å². The number of likely N-dealkylation sites (tertiary alicyclic amines) is 1. The van der Waals surface area contributed by atoms with Crippen LogP contribution in [0, 0.1) is 11.8 Å². The number of amides is 5. The van der Waals surface area contributed by atoms with Gasteiger partial charge in [-0.15, -0.1) is 0 Å². The molecule has 1 saturated heterocycles. The van der Waals surface area contributed by atoms with Gasteiger partial charge in [0.25, 0.3) is 0 Å². The fourth-order valence-electron chi connectivity index (χ4n) is 7.15. The monoisotopic (exact) mass is 703 g/mol. The number of carboxylic acids is 1. The van der Waals surface area contributed by atoms with Crippen LogP contribution < -0.4 is 26.0 Å². The molecule has 3 fully saturated rings. The number of hydrogen-bond donors (Lipinski definition) is 5. The Morgan fingerprint density at radius 3 is 2.16 bits per heavy atom. The van der Waals surface area contributed by atoms with Crippen molar-refractivity contribution in [2.75, 3.05) is 11.9 Å². The molecule has 2 aliphatic carbocycles. The zero-order valence-corrected chi connectivity index (χ0v) is 29.7. The molecule has 1 aliphatic heterocycles. The summed E-state index contributed by atoms with van der Waals surface area (Å²) in [5.41, 5.74) is 0.958. The predicted molar refractivity (Wildman–Crippen MR) is 189 cm³/mol. The van der Waals surface area contributed by atoms with Crippen LogP contribution in [0.4, 0.5) is 5.69 Å². The Morgan fingerprint density at radius 2 is 1.55 bits per heavy atom. The van der Waals surface area contributed by atoms with Crippen molar-refractivity contribution in [1.82, 2.24) is 20.9 Å². The van der Waals surface area contributed by atoms with E-state index in [0.29, 0.717) is 24.3 Å². The van der Waals surface area contributed by atoms with Gasteiger partial charge in [-0.1, -0.05) is 57.4 Å². The second-order valence-electron chi connectivity index (χ2n) is 14.5. The second kappa shape index (κ2) is 15.9. The molecule has 1 heterocycles. The lowest BCUT2D eigenvalue weighted by molar-refractivity contribution is -0.146. The van der Waals surface area contributed by atoms with Crippen molar-refractivity contribution in [2.24, 2.45) is 11.8 Å². The van der Waals surface area contributed by atoms with E-state index in [4.69, 9.17) is 4.74 Å². The third-order valence-electron chi connectivity index (χ3n) is 10.0. The van der Waals surface area contributed by atoms with E-state index in [-0.39, 0.29) is 36.6 Å². The molecule has 3 aliphatic rings. The molecule has 51 heavy (non-hydrogen) atoms. The van der Waals surface area contributed by atoms with Crippen LogP contribution in [-0.4, -0.2) is 81.8 Å². The van der Waals surface area contributed by atoms with E-state index in [1.807, 2.05) is 36.4 Å². The highest BCUT2D eigenvalue weighted by atomic mass is 16.5. The van der Waals surface area contributed by atoms with Gasteiger partial charge >= 0.3 is 5.97 Å². The number of nitrogens with one attached hydrogen (secondary N) is 4. The summed E-state index contributed by atoms with van der Waals surface area (Å²) in [5, 5.41) is 20.9. The Hall–Kier alpha value is -4.94. The highest BCUT2D eigenvalue weighted by Gasteiger charge is 2.54. The number of carbonyl (C=O) groups excluding carboxylic acids is 5. The summed E-state index contributed by atoms with van der Waals surface area (Å²) in [6.45, 7) is 6.42. The van der Waals surface area contributed by atoms with E-state index in [1.54, 1.807) is 26.0 Å². The van der Waals surface area contributed by atoms with Crippen molar-refractivity contribution >= 4 is 41.2 Å². The first-order chi connectivity index (χ1) is 24.3. The second-order valence-corrected chi connectivity index (χ2v) is 14.5. The summed E-state index contributed by atoms with van der Waals surface area (Å²) in [7, 11) is 0. The van der Waals surface area contributed by atoms with Gasteiger partial charge in [0.05, 0.1) is 6.54 Å². The number of hydrogen-bond acceptors (Lipinski definition) is 7. The van der Waals surface area contributed by atoms with E-state index in [9.17, 15) is 33.9 Å². The van der Waals surface area contributed by atoms with Crippen LogP contribution in [0.2, 0.25) is 0 Å². The summed E-state index contributed by atoms with van der Waals surface area (Å²) in [5.74, 6) is -3.09. The molecule has 0 spiro atoms. The minimum atomic E-state index is -1.36. The summed E-state index contributed by atoms with van der Waals surface area (Å²) in [6, 6.07) is 11.9. The maximum absolute atomic E-state index is 14.4. The number of carbonyl (C=O) groups is 6. The number of carboxylic acid groups (broad SMARTS) is 1. The molecule has 0 bridgehead atoms. The number of anilines is 1. The zero-order chi connectivity index (χ0) is 36.9. The van der Waals surface area contributed by atoms with E-state index < -0.39 is 53.5 Å². The summed E-state index contributed by atoms with van der Waals surface area (Å²) in [6.07, 6.45) is 4.63. The predicted octanol–water partition coefficient (Wildman–Crippen LogP) is 3.62. The topological polar surface area (TPSA) is 183 Å². The van der Waals surface area contributed by atoms with Crippen LogP contribution in [0.1, 0.15) is 79.1 Å². The lowest BCUT2D eigenvalue weighted by Crippen LogP contribution is -2.60. The highest BCUT2D eigenvalue weighted by molar-refractivity contribution is 5.97. The number of rotatable bonds is 13. The summed E-state index contributed by atoms with van der Waals surface area (Å²) < 4.78 is 6.37. The third kappa shape index (κ3) is 9.25. The molecule has 0 aromatic heterocycles. The molecule has 13 heteroatoms. The Morgan fingerprint density at radius 1 is 0.882 bits per heavy atom. The van der Waals surface area contributed by atoms with Gasteiger partial charge in [-0.3, -0.25) is 24.0 Å². The van der Waals surface area contributed by atoms with E-state index in [2.05, 4.69) is 21.3 Å². The molecule has 274 valence electrons. The lowest BCUT2D eigenvalue weighted by Gasteiger charge is -2.34. The van der Waals surface area contributed by atoms with Crippen LogP contribution in [0.5, 0.6) is 5.75 Å². The van der Waals surface area contributed by atoms with Gasteiger partial charge < -0.3 is 36.0 Å². The smallest absolute Gasteiger partial charge is 0.329 e. The van der Waals surface area contributed by atoms with Gasteiger partial charge in [0.2, 0.25) is 29.5 Å². The summed E-state index contributed by atoms with van der Waals surface area (Å²) in [4.78, 5) is 78.9. The van der Waals surface area contributed by atoms with E-state index in [0.717, 1.165) is 43.2 Å². The number of benzene rings is 2. The maximum Gasteiger partial charge on any atom is 0.329 e. The van der Waals surface area contributed by atoms with Gasteiger partial charge in [-0.05, 0) is 72.9 Å². The fraction of sp³-hybridized carbons (Fsp3) is 0.526. The van der Waals surface area contributed by atoms with Gasteiger partial charge in [0.15, 0.2) is 0 Å².